The lowest BCUT2D eigenvalue weighted by Gasteiger charge is -2.27. The van der Waals surface area contributed by atoms with Gasteiger partial charge in [0.1, 0.15) is 0 Å². The molecule has 2 heterocycles. The number of carbonyl (C=O) groups excluding carboxylic acids is 1. The normalized spacial score (nSPS) is 22.6. The SMILES string of the molecule is CCOC(=O)C1=NOC(N2CCCC2)C1c1cc(C(F)(F)F)ccc1[N+](=O)[O-]. The summed E-state index contributed by atoms with van der Waals surface area (Å²) >= 11 is 0. The molecular weight excluding hydrogens is 383 g/mol. The molecular formula is C17H18F3N3O5. The van der Waals surface area contributed by atoms with Gasteiger partial charge in [0.05, 0.1) is 23.0 Å². The molecule has 0 aromatic heterocycles. The Morgan fingerprint density at radius 1 is 1.39 bits per heavy atom. The van der Waals surface area contributed by atoms with Crippen LogP contribution in [-0.4, -0.2) is 47.4 Å². The second-order valence-electron chi connectivity index (χ2n) is 6.44. The average molecular weight is 401 g/mol. The molecule has 2 atom stereocenters. The molecule has 0 N–H and O–H groups in total. The number of ether oxygens (including phenoxy) is 1. The molecule has 0 amide bonds. The molecule has 1 aromatic rings. The van der Waals surface area contributed by atoms with E-state index in [2.05, 4.69) is 5.16 Å². The van der Waals surface area contributed by atoms with Gasteiger partial charge in [-0.05, 0) is 31.9 Å². The second kappa shape index (κ2) is 7.74. The zero-order chi connectivity index (χ0) is 20.5. The Hall–Kier alpha value is -2.69. The molecule has 28 heavy (non-hydrogen) atoms. The molecule has 2 aliphatic rings. The Kier molecular flexibility index (Phi) is 5.54. The molecule has 0 radical (unpaired) electrons. The quantitative estimate of drug-likeness (QED) is 0.428. The topological polar surface area (TPSA) is 94.3 Å². The lowest BCUT2D eigenvalue weighted by Crippen LogP contribution is -2.40. The number of likely N-dealkylation sites (tertiary alicyclic amines) is 1. The van der Waals surface area contributed by atoms with Crippen LogP contribution in [0.2, 0.25) is 0 Å². The van der Waals surface area contributed by atoms with E-state index >= 15 is 0 Å². The van der Waals surface area contributed by atoms with E-state index in [4.69, 9.17) is 9.57 Å². The fourth-order valence-corrected chi connectivity index (χ4v) is 3.45. The minimum Gasteiger partial charge on any atom is -0.461 e. The van der Waals surface area contributed by atoms with Crippen molar-refractivity contribution < 1.29 is 32.5 Å². The first-order valence-corrected chi connectivity index (χ1v) is 8.74. The van der Waals surface area contributed by atoms with Gasteiger partial charge in [-0.2, -0.15) is 13.2 Å². The Bertz CT molecular complexity index is 806. The van der Waals surface area contributed by atoms with Crippen molar-refractivity contribution in [3.05, 3.63) is 39.4 Å². The van der Waals surface area contributed by atoms with Crippen LogP contribution in [0.15, 0.2) is 23.4 Å². The molecule has 0 saturated carbocycles. The lowest BCUT2D eigenvalue weighted by molar-refractivity contribution is -0.385. The van der Waals surface area contributed by atoms with Crippen molar-refractivity contribution in [2.45, 2.75) is 38.1 Å². The third-order valence-electron chi connectivity index (χ3n) is 4.71. The van der Waals surface area contributed by atoms with Gasteiger partial charge in [-0.3, -0.25) is 15.0 Å². The summed E-state index contributed by atoms with van der Waals surface area (Å²) in [4.78, 5) is 30.2. The van der Waals surface area contributed by atoms with Gasteiger partial charge in [0.15, 0.2) is 11.9 Å². The van der Waals surface area contributed by atoms with Crippen LogP contribution in [0, 0.1) is 10.1 Å². The molecule has 1 aromatic carbocycles. The van der Waals surface area contributed by atoms with E-state index in [1.54, 1.807) is 6.92 Å². The zero-order valence-corrected chi connectivity index (χ0v) is 14.9. The van der Waals surface area contributed by atoms with Gasteiger partial charge in [-0.25, -0.2) is 4.79 Å². The van der Waals surface area contributed by atoms with E-state index in [1.165, 1.54) is 0 Å². The number of halogens is 3. The van der Waals surface area contributed by atoms with E-state index in [-0.39, 0.29) is 17.9 Å². The number of esters is 1. The number of hydrogen-bond acceptors (Lipinski definition) is 7. The first-order valence-electron chi connectivity index (χ1n) is 8.74. The van der Waals surface area contributed by atoms with E-state index < -0.39 is 40.5 Å². The highest BCUT2D eigenvalue weighted by molar-refractivity contribution is 6.39. The molecule has 3 rings (SSSR count). The molecule has 152 valence electrons. The van der Waals surface area contributed by atoms with E-state index in [0.717, 1.165) is 18.9 Å². The van der Waals surface area contributed by atoms with Gasteiger partial charge in [0, 0.05) is 24.7 Å². The van der Waals surface area contributed by atoms with Gasteiger partial charge in [0.2, 0.25) is 0 Å². The van der Waals surface area contributed by atoms with Crippen molar-refractivity contribution in [1.29, 1.82) is 0 Å². The number of hydrogen-bond donors (Lipinski definition) is 0. The number of rotatable bonds is 5. The summed E-state index contributed by atoms with van der Waals surface area (Å²) in [7, 11) is 0. The van der Waals surface area contributed by atoms with Crippen LogP contribution in [0.4, 0.5) is 18.9 Å². The van der Waals surface area contributed by atoms with Crippen molar-refractivity contribution in [2.24, 2.45) is 5.16 Å². The molecule has 2 unspecified atom stereocenters. The molecule has 8 nitrogen and oxygen atoms in total. The van der Waals surface area contributed by atoms with Gasteiger partial charge in [0.25, 0.3) is 5.69 Å². The zero-order valence-electron chi connectivity index (χ0n) is 14.9. The lowest BCUT2D eigenvalue weighted by atomic mass is 9.89. The minimum absolute atomic E-state index is 0.0175. The standard InChI is InChI=1S/C17H18F3N3O5/c1-2-27-16(24)14-13(15(28-21-14)22-7-3-4-8-22)11-9-10(17(18,19)20)5-6-12(11)23(25)26/h5-6,9,13,15H,2-4,7-8H2,1H3. The van der Waals surface area contributed by atoms with Crippen LogP contribution in [0.25, 0.3) is 0 Å². The summed E-state index contributed by atoms with van der Waals surface area (Å²) in [6.07, 6.45) is -3.93. The molecule has 0 bridgehead atoms. The van der Waals surface area contributed by atoms with Gasteiger partial charge in [-0.1, -0.05) is 5.16 Å². The largest absolute Gasteiger partial charge is 0.461 e. The highest BCUT2D eigenvalue weighted by atomic mass is 19.4. The van der Waals surface area contributed by atoms with Crippen LogP contribution < -0.4 is 0 Å². The van der Waals surface area contributed by atoms with E-state index in [1.807, 2.05) is 4.90 Å². The number of nitro benzene ring substituents is 1. The Labute approximate surface area is 158 Å². The number of carbonyl (C=O) groups is 1. The van der Waals surface area contributed by atoms with Crippen LogP contribution in [0.1, 0.15) is 36.8 Å². The summed E-state index contributed by atoms with van der Waals surface area (Å²) in [6.45, 7) is 2.75. The van der Waals surface area contributed by atoms with Crippen LogP contribution >= 0.6 is 0 Å². The molecule has 1 saturated heterocycles. The van der Waals surface area contributed by atoms with Crippen LogP contribution in [-0.2, 0) is 20.5 Å². The maximum Gasteiger partial charge on any atom is 0.416 e. The van der Waals surface area contributed by atoms with Gasteiger partial charge >= 0.3 is 12.1 Å². The minimum atomic E-state index is -4.70. The fraction of sp³-hybridized carbons (Fsp3) is 0.529. The highest BCUT2D eigenvalue weighted by Crippen LogP contribution is 2.41. The molecule has 1 fully saturated rings. The number of benzene rings is 1. The van der Waals surface area contributed by atoms with Crippen LogP contribution in [0.3, 0.4) is 0 Å². The van der Waals surface area contributed by atoms with Gasteiger partial charge < -0.3 is 9.57 Å². The van der Waals surface area contributed by atoms with Gasteiger partial charge in [-0.15, -0.1) is 0 Å². The van der Waals surface area contributed by atoms with Crippen molar-refractivity contribution in [3.63, 3.8) is 0 Å². The van der Waals surface area contributed by atoms with Crippen molar-refractivity contribution in [2.75, 3.05) is 19.7 Å². The third-order valence-corrected chi connectivity index (χ3v) is 4.71. The maximum absolute atomic E-state index is 13.2. The predicted octanol–water partition coefficient (Wildman–Crippen LogP) is 3.07. The number of nitro groups is 1. The maximum atomic E-state index is 13.2. The smallest absolute Gasteiger partial charge is 0.416 e. The number of alkyl halides is 3. The fourth-order valence-electron chi connectivity index (χ4n) is 3.45. The van der Waals surface area contributed by atoms with Crippen molar-refractivity contribution >= 4 is 17.4 Å². The molecule has 11 heteroatoms. The highest BCUT2D eigenvalue weighted by Gasteiger charge is 2.47. The summed E-state index contributed by atoms with van der Waals surface area (Å²) in [5, 5.41) is 15.2. The Morgan fingerprint density at radius 2 is 2.07 bits per heavy atom. The Balaban J connectivity index is 2.12. The monoisotopic (exact) mass is 401 g/mol. The number of nitrogens with zero attached hydrogens (tertiary/aromatic N) is 3. The summed E-state index contributed by atoms with van der Waals surface area (Å²) in [5.41, 5.74) is -2.14. The third kappa shape index (κ3) is 3.79. The second-order valence-corrected chi connectivity index (χ2v) is 6.44. The Morgan fingerprint density at radius 3 is 2.64 bits per heavy atom. The average Bonchev–Trinajstić information content (AvgIpc) is 3.29. The molecule has 0 spiro atoms. The molecule has 0 aliphatic carbocycles. The van der Waals surface area contributed by atoms with Crippen molar-refractivity contribution in [3.8, 4) is 0 Å². The first kappa shape index (κ1) is 20.1. The summed E-state index contributed by atoms with van der Waals surface area (Å²) < 4.78 is 44.6. The van der Waals surface area contributed by atoms with E-state index in [9.17, 15) is 28.1 Å². The molecule has 2 aliphatic heterocycles. The summed E-state index contributed by atoms with van der Waals surface area (Å²) in [6, 6.07) is 2.12. The van der Waals surface area contributed by atoms with Crippen LogP contribution in [0.5, 0.6) is 0 Å². The number of oxime groups is 1. The van der Waals surface area contributed by atoms with E-state index in [0.29, 0.717) is 25.2 Å². The van der Waals surface area contributed by atoms with Crippen molar-refractivity contribution in [1.82, 2.24) is 4.90 Å². The summed E-state index contributed by atoms with van der Waals surface area (Å²) in [5.74, 6) is -2.04. The predicted molar refractivity (Wildman–Crippen MR) is 90.6 cm³/mol. The first-order chi connectivity index (χ1) is 13.2.